The molecule has 19 heavy (non-hydrogen) atoms. The molecule has 0 spiro atoms. The van der Waals surface area contributed by atoms with Crippen molar-refractivity contribution in [3.05, 3.63) is 29.8 Å². The maximum absolute atomic E-state index is 11.0. The summed E-state index contributed by atoms with van der Waals surface area (Å²) in [4.78, 5) is 23.8. The molecule has 1 aromatic rings. The highest BCUT2D eigenvalue weighted by molar-refractivity contribution is 6.00. The van der Waals surface area contributed by atoms with Crippen LogP contribution in [0.5, 0.6) is 5.75 Å². The van der Waals surface area contributed by atoms with E-state index in [-0.39, 0.29) is 13.1 Å². The van der Waals surface area contributed by atoms with E-state index in [0.29, 0.717) is 6.54 Å². The largest absolute Gasteiger partial charge is 0.497 e. The number of likely N-dealkylation sites (tertiary alicyclic amines) is 1. The summed E-state index contributed by atoms with van der Waals surface area (Å²) in [6.45, 7) is 0.597. The number of hydrogen-bond donors (Lipinski definition) is 2. The number of hydrogen-bond acceptors (Lipinski definition) is 4. The zero-order valence-corrected chi connectivity index (χ0v) is 10.5. The van der Waals surface area contributed by atoms with E-state index >= 15 is 0 Å². The third-order valence-electron chi connectivity index (χ3n) is 3.37. The van der Waals surface area contributed by atoms with Crippen LogP contribution < -0.4 is 4.74 Å². The molecule has 0 atom stereocenters. The Morgan fingerprint density at radius 2 is 1.74 bits per heavy atom. The molecule has 1 aliphatic heterocycles. The van der Waals surface area contributed by atoms with E-state index in [1.807, 2.05) is 24.3 Å². The van der Waals surface area contributed by atoms with Gasteiger partial charge < -0.3 is 14.9 Å². The van der Waals surface area contributed by atoms with Gasteiger partial charge in [-0.3, -0.25) is 14.5 Å². The van der Waals surface area contributed by atoms with Crippen molar-refractivity contribution in [3.8, 4) is 5.75 Å². The van der Waals surface area contributed by atoms with Crippen LogP contribution in [0.1, 0.15) is 5.56 Å². The van der Waals surface area contributed by atoms with Crippen LogP contribution in [0.15, 0.2) is 24.3 Å². The van der Waals surface area contributed by atoms with E-state index in [2.05, 4.69) is 0 Å². The van der Waals surface area contributed by atoms with Gasteiger partial charge in [-0.25, -0.2) is 0 Å². The molecule has 0 aliphatic carbocycles. The van der Waals surface area contributed by atoms with E-state index in [9.17, 15) is 9.59 Å². The summed E-state index contributed by atoms with van der Waals surface area (Å²) in [5.41, 5.74) is -0.655. The van der Waals surface area contributed by atoms with Gasteiger partial charge in [-0.15, -0.1) is 0 Å². The molecular formula is C13H15NO5. The van der Waals surface area contributed by atoms with E-state index < -0.39 is 17.4 Å². The summed E-state index contributed by atoms with van der Waals surface area (Å²) in [5.74, 6) is -1.80. The summed E-state index contributed by atoms with van der Waals surface area (Å²) in [5, 5.41) is 18.0. The van der Waals surface area contributed by atoms with Crippen LogP contribution in [0.4, 0.5) is 0 Å². The van der Waals surface area contributed by atoms with Gasteiger partial charge in [-0.2, -0.15) is 0 Å². The third-order valence-corrected chi connectivity index (χ3v) is 3.37. The number of methoxy groups -OCH3 is 1. The molecule has 0 aromatic heterocycles. The van der Waals surface area contributed by atoms with Gasteiger partial charge in [0.1, 0.15) is 5.75 Å². The number of ether oxygens (including phenoxy) is 1. The van der Waals surface area contributed by atoms with Gasteiger partial charge in [-0.1, -0.05) is 12.1 Å². The van der Waals surface area contributed by atoms with E-state index in [1.165, 1.54) is 0 Å². The summed E-state index contributed by atoms with van der Waals surface area (Å²) in [7, 11) is 1.58. The Bertz CT molecular complexity index is 474. The van der Waals surface area contributed by atoms with Crippen LogP contribution >= 0.6 is 0 Å². The van der Waals surface area contributed by atoms with E-state index in [0.717, 1.165) is 11.3 Å². The topological polar surface area (TPSA) is 87.1 Å². The molecule has 0 unspecified atom stereocenters. The molecule has 0 amide bonds. The SMILES string of the molecule is COc1ccc(CN2CC(C(=O)O)(C(=O)O)C2)cc1. The van der Waals surface area contributed by atoms with Crippen molar-refractivity contribution in [1.82, 2.24) is 4.90 Å². The monoisotopic (exact) mass is 265 g/mol. The molecule has 102 valence electrons. The standard InChI is InChI=1S/C13H15NO5/c1-19-10-4-2-9(3-5-10)6-14-7-13(8-14,11(15)16)12(17)18/h2-5H,6-8H2,1H3,(H,15,16)(H,17,18). The molecule has 1 saturated heterocycles. The molecular weight excluding hydrogens is 250 g/mol. The summed E-state index contributed by atoms with van der Waals surface area (Å²) in [6, 6.07) is 7.38. The molecule has 2 N–H and O–H groups in total. The van der Waals surface area contributed by atoms with Gasteiger partial charge in [0.25, 0.3) is 0 Å². The number of benzene rings is 1. The lowest BCUT2D eigenvalue weighted by atomic mass is 9.79. The first kappa shape index (κ1) is 13.4. The van der Waals surface area contributed by atoms with Gasteiger partial charge in [-0.05, 0) is 17.7 Å². The quantitative estimate of drug-likeness (QED) is 0.761. The Morgan fingerprint density at radius 1 is 1.21 bits per heavy atom. The van der Waals surface area contributed by atoms with Crippen molar-refractivity contribution in [2.45, 2.75) is 6.54 Å². The predicted octanol–water partition coefficient (Wildman–Crippen LogP) is 0.666. The molecule has 1 aliphatic rings. The Balaban J connectivity index is 1.97. The first-order valence-corrected chi connectivity index (χ1v) is 5.80. The Labute approximate surface area is 110 Å². The minimum atomic E-state index is -1.65. The Morgan fingerprint density at radius 3 is 2.16 bits per heavy atom. The zero-order chi connectivity index (χ0) is 14.0. The fraction of sp³-hybridized carbons (Fsp3) is 0.385. The summed E-state index contributed by atoms with van der Waals surface area (Å²) >= 11 is 0. The van der Waals surface area contributed by atoms with Crippen molar-refractivity contribution in [2.75, 3.05) is 20.2 Å². The molecule has 0 bridgehead atoms. The van der Waals surface area contributed by atoms with Crippen molar-refractivity contribution < 1.29 is 24.5 Å². The minimum absolute atomic E-state index is 0.0314. The lowest BCUT2D eigenvalue weighted by Crippen LogP contribution is -2.63. The van der Waals surface area contributed by atoms with E-state index in [4.69, 9.17) is 14.9 Å². The third kappa shape index (κ3) is 2.39. The lowest BCUT2D eigenvalue weighted by Gasteiger charge is -2.44. The normalized spacial score (nSPS) is 17.5. The number of aliphatic carboxylic acids is 2. The first-order chi connectivity index (χ1) is 8.98. The molecule has 1 aromatic carbocycles. The molecule has 1 fully saturated rings. The highest BCUT2D eigenvalue weighted by Gasteiger charge is 2.56. The maximum atomic E-state index is 11.0. The molecule has 6 nitrogen and oxygen atoms in total. The van der Waals surface area contributed by atoms with Gasteiger partial charge in [0.2, 0.25) is 0 Å². The van der Waals surface area contributed by atoms with Gasteiger partial charge in [0.05, 0.1) is 7.11 Å². The molecule has 0 radical (unpaired) electrons. The number of rotatable bonds is 5. The minimum Gasteiger partial charge on any atom is -0.497 e. The van der Waals surface area contributed by atoms with Gasteiger partial charge in [0, 0.05) is 19.6 Å². The van der Waals surface area contributed by atoms with Crippen LogP contribution in [-0.2, 0) is 16.1 Å². The fourth-order valence-electron chi connectivity index (χ4n) is 2.18. The molecule has 6 heteroatoms. The first-order valence-electron chi connectivity index (χ1n) is 5.80. The Kier molecular flexibility index (Phi) is 3.44. The average Bonchev–Trinajstić information content (AvgIpc) is 2.33. The molecule has 0 saturated carbocycles. The second-order valence-electron chi connectivity index (χ2n) is 4.69. The maximum Gasteiger partial charge on any atom is 0.323 e. The van der Waals surface area contributed by atoms with Crippen LogP contribution in [0.2, 0.25) is 0 Å². The molecule has 2 rings (SSSR count). The smallest absolute Gasteiger partial charge is 0.323 e. The second kappa shape index (κ2) is 4.89. The van der Waals surface area contributed by atoms with Crippen molar-refractivity contribution in [1.29, 1.82) is 0 Å². The Hall–Kier alpha value is -2.08. The van der Waals surface area contributed by atoms with Crippen molar-refractivity contribution in [3.63, 3.8) is 0 Å². The highest BCUT2D eigenvalue weighted by atomic mass is 16.5. The van der Waals surface area contributed by atoms with Crippen LogP contribution in [0.25, 0.3) is 0 Å². The number of carboxylic acids is 2. The van der Waals surface area contributed by atoms with Crippen LogP contribution in [0, 0.1) is 5.41 Å². The average molecular weight is 265 g/mol. The predicted molar refractivity (Wildman–Crippen MR) is 66.0 cm³/mol. The van der Waals surface area contributed by atoms with Crippen LogP contribution in [0.3, 0.4) is 0 Å². The zero-order valence-electron chi connectivity index (χ0n) is 10.5. The van der Waals surface area contributed by atoms with Gasteiger partial charge >= 0.3 is 11.9 Å². The fourth-order valence-corrected chi connectivity index (χ4v) is 2.18. The van der Waals surface area contributed by atoms with E-state index in [1.54, 1.807) is 12.0 Å². The number of nitrogens with zero attached hydrogens (tertiary/aromatic N) is 1. The van der Waals surface area contributed by atoms with Gasteiger partial charge in [0.15, 0.2) is 5.41 Å². The second-order valence-corrected chi connectivity index (χ2v) is 4.69. The number of carboxylic acid groups (broad SMARTS) is 2. The highest BCUT2D eigenvalue weighted by Crippen LogP contribution is 2.32. The summed E-state index contributed by atoms with van der Waals surface area (Å²) in [6.07, 6.45) is 0. The lowest BCUT2D eigenvalue weighted by molar-refractivity contribution is -0.178. The summed E-state index contributed by atoms with van der Waals surface area (Å²) < 4.78 is 5.04. The van der Waals surface area contributed by atoms with Crippen molar-refractivity contribution in [2.24, 2.45) is 5.41 Å². The van der Waals surface area contributed by atoms with Crippen LogP contribution in [-0.4, -0.2) is 47.3 Å². The van der Waals surface area contributed by atoms with Crippen molar-refractivity contribution >= 4 is 11.9 Å². The number of carbonyl (C=O) groups is 2. The molecule has 1 heterocycles.